The van der Waals surface area contributed by atoms with E-state index < -0.39 is 0 Å². The van der Waals surface area contributed by atoms with Gasteiger partial charge in [-0.3, -0.25) is 19.6 Å². The number of amides is 2. The third-order valence-electron chi connectivity index (χ3n) is 3.65. The first-order valence-electron chi connectivity index (χ1n) is 7.14. The summed E-state index contributed by atoms with van der Waals surface area (Å²) in [6.07, 6.45) is 8.37. The summed E-state index contributed by atoms with van der Waals surface area (Å²) in [4.78, 5) is 33.4. The lowest BCUT2D eigenvalue weighted by atomic mass is 9.96. The third-order valence-corrected chi connectivity index (χ3v) is 3.65. The number of nitrogens with one attached hydrogen (secondary N) is 1. The van der Waals surface area contributed by atoms with E-state index in [1.807, 2.05) is 0 Å². The van der Waals surface area contributed by atoms with Gasteiger partial charge in [-0.25, -0.2) is 0 Å². The van der Waals surface area contributed by atoms with Gasteiger partial charge in [0.1, 0.15) is 0 Å². The van der Waals surface area contributed by atoms with Crippen LogP contribution in [0.2, 0.25) is 0 Å². The monoisotopic (exact) mass is 288 g/mol. The highest BCUT2D eigenvalue weighted by Gasteiger charge is 2.26. The molecular weight excluding hydrogens is 268 g/mol. The largest absolute Gasteiger partial charge is 0.355 e. The molecule has 1 saturated heterocycles. The highest BCUT2D eigenvalue weighted by atomic mass is 16.2. The average molecular weight is 288 g/mol. The topological polar surface area (TPSA) is 75.2 Å². The lowest BCUT2D eigenvalue weighted by Gasteiger charge is -2.30. The molecule has 0 radical (unpaired) electrons. The first kappa shape index (κ1) is 15.2. The maximum absolute atomic E-state index is 12.1. The number of likely N-dealkylation sites (tertiary alicyclic amines) is 1. The van der Waals surface area contributed by atoms with Crippen molar-refractivity contribution in [3.8, 4) is 0 Å². The molecule has 0 spiro atoms. The van der Waals surface area contributed by atoms with Crippen LogP contribution in [0.3, 0.4) is 0 Å². The van der Waals surface area contributed by atoms with Crippen LogP contribution in [0.1, 0.15) is 18.5 Å². The van der Waals surface area contributed by atoms with E-state index in [9.17, 15) is 9.59 Å². The van der Waals surface area contributed by atoms with E-state index in [0.717, 1.165) is 5.69 Å². The predicted octanol–water partition coefficient (Wildman–Crippen LogP) is 0.560. The molecule has 112 valence electrons. The van der Waals surface area contributed by atoms with Gasteiger partial charge in [0.25, 0.3) is 0 Å². The van der Waals surface area contributed by atoms with Crippen molar-refractivity contribution in [2.24, 2.45) is 5.92 Å². The summed E-state index contributed by atoms with van der Waals surface area (Å²) in [6, 6.07) is 0. The second kappa shape index (κ2) is 7.52. The number of rotatable bonds is 5. The molecule has 1 fully saturated rings. The molecule has 2 heterocycles. The van der Waals surface area contributed by atoms with Crippen LogP contribution in [0.5, 0.6) is 0 Å². The van der Waals surface area contributed by atoms with E-state index in [1.165, 1.54) is 6.08 Å². The Hall–Kier alpha value is -2.24. The fourth-order valence-electron chi connectivity index (χ4n) is 2.41. The van der Waals surface area contributed by atoms with Gasteiger partial charge in [0.2, 0.25) is 11.8 Å². The fourth-order valence-corrected chi connectivity index (χ4v) is 2.41. The van der Waals surface area contributed by atoms with Crippen LogP contribution in [-0.4, -0.2) is 46.3 Å². The van der Waals surface area contributed by atoms with Crippen molar-refractivity contribution in [2.45, 2.75) is 19.3 Å². The molecule has 2 rings (SSSR count). The summed E-state index contributed by atoms with van der Waals surface area (Å²) in [5.41, 5.74) is 0.865. The minimum absolute atomic E-state index is 0.0132. The summed E-state index contributed by atoms with van der Waals surface area (Å²) in [5.74, 6) is -0.0122. The Labute approximate surface area is 124 Å². The molecule has 0 aromatic carbocycles. The molecular formula is C15H20N4O2. The Bertz CT molecular complexity index is 496. The molecule has 0 atom stereocenters. The van der Waals surface area contributed by atoms with Crippen molar-refractivity contribution in [2.75, 3.05) is 19.6 Å². The van der Waals surface area contributed by atoms with Crippen molar-refractivity contribution in [3.05, 3.63) is 36.9 Å². The van der Waals surface area contributed by atoms with Crippen molar-refractivity contribution in [3.63, 3.8) is 0 Å². The van der Waals surface area contributed by atoms with Crippen LogP contribution in [0.15, 0.2) is 31.2 Å². The van der Waals surface area contributed by atoms with E-state index >= 15 is 0 Å². The molecule has 1 aliphatic rings. The zero-order chi connectivity index (χ0) is 15.1. The minimum atomic E-state index is -0.0588. The maximum atomic E-state index is 12.1. The molecule has 1 N–H and O–H groups in total. The number of hydrogen-bond acceptors (Lipinski definition) is 4. The maximum Gasteiger partial charge on any atom is 0.245 e. The Balaban J connectivity index is 1.70. The van der Waals surface area contributed by atoms with Gasteiger partial charge in [-0.1, -0.05) is 6.58 Å². The highest BCUT2D eigenvalue weighted by Crippen LogP contribution is 2.17. The number of piperidine rings is 1. The van der Waals surface area contributed by atoms with Crippen molar-refractivity contribution >= 4 is 11.8 Å². The number of hydrogen-bond donors (Lipinski definition) is 1. The van der Waals surface area contributed by atoms with Gasteiger partial charge in [-0.2, -0.15) is 0 Å². The van der Waals surface area contributed by atoms with Gasteiger partial charge in [0, 0.05) is 50.6 Å². The van der Waals surface area contributed by atoms with Crippen molar-refractivity contribution in [1.29, 1.82) is 0 Å². The number of nitrogens with zero attached hydrogens (tertiary/aromatic N) is 3. The molecule has 0 unspecified atom stereocenters. The predicted molar refractivity (Wildman–Crippen MR) is 78.2 cm³/mol. The molecule has 0 aliphatic carbocycles. The Morgan fingerprint density at radius 1 is 1.38 bits per heavy atom. The smallest absolute Gasteiger partial charge is 0.245 e. The van der Waals surface area contributed by atoms with E-state index in [-0.39, 0.29) is 17.7 Å². The molecule has 1 aromatic heterocycles. The van der Waals surface area contributed by atoms with Gasteiger partial charge in [-0.05, 0) is 18.9 Å². The van der Waals surface area contributed by atoms with E-state index in [0.29, 0.717) is 38.9 Å². The average Bonchev–Trinajstić information content (AvgIpc) is 2.55. The number of carbonyl (C=O) groups excluding carboxylic acids is 2. The van der Waals surface area contributed by atoms with Crippen LogP contribution in [0.25, 0.3) is 0 Å². The van der Waals surface area contributed by atoms with E-state index in [1.54, 1.807) is 23.5 Å². The van der Waals surface area contributed by atoms with Gasteiger partial charge >= 0.3 is 0 Å². The lowest BCUT2D eigenvalue weighted by molar-refractivity contribution is -0.132. The summed E-state index contributed by atoms with van der Waals surface area (Å²) < 4.78 is 0. The summed E-state index contributed by atoms with van der Waals surface area (Å²) >= 11 is 0. The van der Waals surface area contributed by atoms with Crippen LogP contribution < -0.4 is 5.32 Å². The van der Waals surface area contributed by atoms with Gasteiger partial charge in [0.05, 0.1) is 5.69 Å². The van der Waals surface area contributed by atoms with Crippen LogP contribution in [-0.2, 0) is 16.0 Å². The van der Waals surface area contributed by atoms with Gasteiger partial charge in [0.15, 0.2) is 0 Å². The first-order valence-corrected chi connectivity index (χ1v) is 7.14. The minimum Gasteiger partial charge on any atom is -0.355 e. The normalized spacial score (nSPS) is 15.5. The summed E-state index contributed by atoms with van der Waals surface area (Å²) in [6.45, 7) is 5.27. The summed E-state index contributed by atoms with van der Waals surface area (Å²) in [7, 11) is 0. The second-order valence-electron chi connectivity index (χ2n) is 5.04. The molecule has 1 aromatic rings. The second-order valence-corrected chi connectivity index (χ2v) is 5.04. The zero-order valence-corrected chi connectivity index (χ0v) is 12.0. The standard InChI is InChI=1S/C15H20N4O2/c1-2-14(20)19-9-4-12(5-10-19)15(21)18-6-3-13-11-16-7-8-17-13/h2,7-8,11-12H,1,3-6,9-10H2,(H,18,21). The highest BCUT2D eigenvalue weighted by molar-refractivity contribution is 5.87. The van der Waals surface area contributed by atoms with Crippen molar-refractivity contribution < 1.29 is 9.59 Å². The van der Waals surface area contributed by atoms with E-state index in [2.05, 4.69) is 21.9 Å². The SMILES string of the molecule is C=CC(=O)N1CCC(C(=O)NCCc2cnccn2)CC1. The Morgan fingerprint density at radius 2 is 2.14 bits per heavy atom. The quantitative estimate of drug-likeness (QED) is 0.803. The molecule has 0 bridgehead atoms. The summed E-state index contributed by atoms with van der Waals surface area (Å²) in [5, 5.41) is 2.93. The number of aromatic nitrogens is 2. The molecule has 0 saturated carbocycles. The molecule has 21 heavy (non-hydrogen) atoms. The van der Waals surface area contributed by atoms with Crippen molar-refractivity contribution in [1.82, 2.24) is 20.2 Å². The Kier molecular flexibility index (Phi) is 5.43. The third kappa shape index (κ3) is 4.37. The van der Waals surface area contributed by atoms with Crippen LogP contribution in [0, 0.1) is 5.92 Å². The zero-order valence-electron chi connectivity index (χ0n) is 12.0. The fraction of sp³-hybridized carbons (Fsp3) is 0.467. The first-order chi connectivity index (χ1) is 10.2. The Morgan fingerprint density at radius 3 is 2.76 bits per heavy atom. The molecule has 6 nitrogen and oxygen atoms in total. The molecule has 1 aliphatic heterocycles. The van der Waals surface area contributed by atoms with Gasteiger partial charge < -0.3 is 10.2 Å². The van der Waals surface area contributed by atoms with Crippen LogP contribution in [0.4, 0.5) is 0 Å². The number of carbonyl (C=O) groups is 2. The van der Waals surface area contributed by atoms with Gasteiger partial charge in [-0.15, -0.1) is 0 Å². The van der Waals surface area contributed by atoms with E-state index in [4.69, 9.17) is 0 Å². The molecule has 2 amide bonds. The lowest BCUT2D eigenvalue weighted by Crippen LogP contribution is -2.42. The molecule has 6 heteroatoms. The van der Waals surface area contributed by atoms with Crippen LogP contribution >= 0.6 is 0 Å².